The number of ether oxygens (including phenoxy) is 2. The zero-order valence-electron chi connectivity index (χ0n) is 15.4. The maximum atomic E-state index is 11.5. The van der Waals surface area contributed by atoms with Crippen LogP contribution in [0.2, 0.25) is 0 Å². The third kappa shape index (κ3) is 6.56. The van der Waals surface area contributed by atoms with Crippen LogP contribution in [-0.2, 0) is 9.47 Å². The van der Waals surface area contributed by atoms with Crippen LogP contribution in [0.25, 0.3) is 0 Å². The number of benzene rings is 2. The molecule has 0 saturated heterocycles. The minimum Gasteiger partial charge on any atom is -0.478 e. The maximum Gasteiger partial charge on any atom is 0.338 e. The number of carboxylic acid groups (broad SMARTS) is 2. The van der Waals surface area contributed by atoms with Crippen molar-refractivity contribution in [1.82, 2.24) is 0 Å². The van der Waals surface area contributed by atoms with Crippen LogP contribution in [0.15, 0.2) is 48.5 Å². The lowest BCUT2D eigenvalue weighted by atomic mass is 10.1. The lowest BCUT2D eigenvalue weighted by Gasteiger charge is -2.07. The van der Waals surface area contributed by atoms with Gasteiger partial charge in [0, 0.05) is 0 Å². The molecule has 28 heavy (non-hydrogen) atoms. The van der Waals surface area contributed by atoms with Gasteiger partial charge < -0.3 is 19.7 Å². The molecule has 2 rings (SSSR count). The van der Waals surface area contributed by atoms with E-state index in [1.54, 1.807) is 38.1 Å². The quantitative estimate of drug-likeness (QED) is 0.723. The van der Waals surface area contributed by atoms with Gasteiger partial charge in [0.1, 0.15) is 0 Å². The van der Waals surface area contributed by atoms with Crippen molar-refractivity contribution in [2.24, 2.45) is 0 Å². The monoisotopic (exact) mass is 388 g/mol. The standard InChI is InChI=1S/C12H14O4.C8H6O4/c1-3-15-11(13)9-7-5-6-8-10(9)12(14)16-4-2;9-7(10)5-1-2-6(4-3-5)8(11)12/h5-8H,3-4H2,1-2H3;1-4H,(H,9,10)(H,11,12). The van der Waals surface area contributed by atoms with Gasteiger partial charge in [-0.25, -0.2) is 19.2 Å². The molecule has 8 nitrogen and oxygen atoms in total. The maximum absolute atomic E-state index is 11.5. The zero-order chi connectivity index (χ0) is 21.1. The van der Waals surface area contributed by atoms with Gasteiger partial charge in [-0.2, -0.15) is 0 Å². The first-order valence-corrected chi connectivity index (χ1v) is 8.31. The van der Waals surface area contributed by atoms with Gasteiger partial charge >= 0.3 is 23.9 Å². The van der Waals surface area contributed by atoms with E-state index in [0.717, 1.165) is 0 Å². The molecule has 0 fully saturated rings. The number of rotatable bonds is 6. The molecule has 148 valence electrons. The van der Waals surface area contributed by atoms with Gasteiger partial charge in [0.05, 0.1) is 35.5 Å². The molecule has 0 aliphatic rings. The Morgan fingerprint density at radius 2 is 1.00 bits per heavy atom. The minimum atomic E-state index is -1.06. The molecule has 0 aromatic heterocycles. The second-order valence-electron chi connectivity index (χ2n) is 5.17. The Morgan fingerprint density at radius 1 is 0.679 bits per heavy atom. The molecule has 0 atom stereocenters. The molecule has 2 aromatic carbocycles. The third-order valence-electron chi connectivity index (χ3n) is 3.30. The van der Waals surface area contributed by atoms with Crippen LogP contribution in [0.3, 0.4) is 0 Å². The van der Waals surface area contributed by atoms with Crippen LogP contribution < -0.4 is 0 Å². The summed E-state index contributed by atoms with van der Waals surface area (Å²) < 4.78 is 9.70. The van der Waals surface area contributed by atoms with Crippen molar-refractivity contribution < 1.29 is 38.9 Å². The van der Waals surface area contributed by atoms with E-state index < -0.39 is 23.9 Å². The predicted octanol–water partition coefficient (Wildman–Crippen LogP) is 3.12. The largest absolute Gasteiger partial charge is 0.478 e. The fourth-order valence-corrected chi connectivity index (χ4v) is 2.01. The zero-order valence-corrected chi connectivity index (χ0v) is 15.4. The van der Waals surface area contributed by atoms with E-state index in [1.807, 2.05) is 0 Å². The molecule has 2 aromatic rings. The highest BCUT2D eigenvalue weighted by atomic mass is 16.5. The summed E-state index contributed by atoms with van der Waals surface area (Å²) in [4.78, 5) is 43.8. The first-order chi connectivity index (χ1) is 13.3. The molecular weight excluding hydrogens is 368 g/mol. The van der Waals surface area contributed by atoms with Crippen molar-refractivity contribution >= 4 is 23.9 Å². The van der Waals surface area contributed by atoms with Gasteiger partial charge in [-0.1, -0.05) is 12.1 Å². The van der Waals surface area contributed by atoms with E-state index in [0.29, 0.717) is 0 Å². The Balaban J connectivity index is 0.000000292. The molecule has 0 bridgehead atoms. The number of aromatic carboxylic acids is 2. The molecule has 0 aliphatic carbocycles. The van der Waals surface area contributed by atoms with Crippen molar-refractivity contribution in [2.45, 2.75) is 13.8 Å². The summed E-state index contributed by atoms with van der Waals surface area (Å²) in [6.07, 6.45) is 0. The first-order valence-electron chi connectivity index (χ1n) is 8.31. The Labute approximate surface area is 161 Å². The average molecular weight is 388 g/mol. The van der Waals surface area contributed by atoms with Crippen molar-refractivity contribution in [2.75, 3.05) is 13.2 Å². The molecule has 8 heteroatoms. The number of hydrogen-bond acceptors (Lipinski definition) is 6. The van der Waals surface area contributed by atoms with Crippen LogP contribution >= 0.6 is 0 Å². The highest BCUT2D eigenvalue weighted by Crippen LogP contribution is 2.11. The van der Waals surface area contributed by atoms with Gasteiger partial charge in [-0.15, -0.1) is 0 Å². The molecule has 0 spiro atoms. The lowest BCUT2D eigenvalue weighted by molar-refractivity contribution is 0.0479. The molecule has 0 amide bonds. The Bertz CT molecular complexity index is 770. The predicted molar refractivity (Wildman–Crippen MR) is 98.7 cm³/mol. The number of esters is 2. The third-order valence-corrected chi connectivity index (χ3v) is 3.30. The number of hydrogen-bond donors (Lipinski definition) is 2. The number of carbonyl (C=O) groups excluding carboxylic acids is 2. The van der Waals surface area contributed by atoms with E-state index in [9.17, 15) is 19.2 Å². The Hall–Kier alpha value is -3.68. The average Bonchev–Trinajstić information content (AvgIpc) is 2.69. The fraction of sp³-hybridized carbons (Fsp3) is 0.200. The van der Waals surface area contributed by atoms with E-state index in [2.05, 4.69) is 0 Å². The van der Waals surface area contributed by atoms with Crippen LogP contribution in [0, 0.1) is 0 Å². The molecule has 0 heterocycles. The molecule has 0 unspecified atom stereocenters. The van der Waals surface area contributed by atoms with Crippen molar-refractivity contribution in [1.29, 1.82) is 0 Å². The van der Waals surface area contributed by atoms with E-state index in [1.165, 1.54) is 24.3 Å². The van der Waals surface area contributed by atoms with Gasteiger partial charge in [0.25, 0.3) is 0 Å². The summed E-state index contributed by atoms with van der Waals surface area (Å²) in [6, 6.07) is 11.5. The lowest BCUT2D eigenvalue weighted by Crippen LogP contribution is -2.13. The van der Waals surface area contributed by atoms with Gasteiger partial charge in [-0.3, -0.25) is 0 Å². The second-order valence-corrected chi connectivity index (χ2v) is 5.17. The van der Waals surface area contributed by atoms with Gasteiger partial charge in [0.2, 0.25) is 0 Å². The highest BCUT2D eigenvalue weighted by molar-refractivity contribution is 6.03. The second kappa shape index (κ2) is 11.1. The summed E-state index contributed by atoms with van der Waals surface area (Å²) in [7, 11) is 0. The van der Waals surface area contributed by atoms with Gasteiger partial charge in [0.15, 0.2) is 0 Å². The van der Waals surface area contributed by atoms with Crippen LogP contribution in [0.4, 0.5) is 0 Å². The first kappa shape index (κ1) is 22.4. The van der Waals surface area contributed by atoms with Crippen LogP contribution in [-0.4, -0.2) is 47.3 Å². The van der Waals surface area contributed by atoms with Crippen LogP contribution in [0.5, 0.6) is 0 Å². The Morgan fingerprint density at radius 3 is 1.25 bits per heavy atom. The van der Waals surface area contributed by atoms with E-state index in [-0.39, 0.29) is 35.5 Å². The minimum absolute atomic E-state index is 0.0833. The number of carboxylic acids is 2. The van der Waals surface area contributed by atoms with Crippen molar-refractivity contribution in [3.63, 3.8) is 0 Å². The SMILES string of the molecule is CCOC(=O)c1ccccc1C(=O)OCC.O=C(O)c1ccc(C(=O)O)cc1. The summed E-state index contributed by atoms with van der Waals surface area (Å²) in [5, 5.41) is 16.9. The summed E-state index contributed by atoms with van der Waals surface area (Å²) in [5.41, 5.74) is 0.644. The van der Waals surface area contributed by atoms with Crippen molar-refractivity contribution in [3.8, 4) is 0 Å². The number of carbonyl (C=O) groups is 4. The summed E-state index contributed by atoms with van der Waals surface area (Å²) in [5.74, 6) is -3.14. The van der Waals surface area contributed by atoms with Crippen LogP contribution in [0.1, 0.15) is 55.3 Å². The normalized spacial score (nSPS) is 9.50. The molecule has 0 radical (unpaired) electrons. The smallest absolute Gasteiger partial charge is 0.338 e. The molecular formula is C20H20O8. The van der Waals surface area contributed by atoms with E-state index in [4.69, 9.17) is 19.7 Å². The fourth-order valence-electron chi connectivity index (χ4n) is 2.01. The van der Waals surface area contributed by atoms with Gasteiger partial charge in [-0.05, 0) is 50.2 Å². The molecule has 0 aliphatic heterocycles. The molecule has 0 saturated carbocycles. The highest BCUT2D eigenvalue weighted by Gasteiger charge is 2.17. The summed E-state index contributed by atoms with van der Waals surface area (Å²) in [6.45, 7) is 3.97. The van der Waals surface area contributed by atoms with E-state index >= 15 is 0 Å². The molecule has 2 N–H and O–H groups in total. The topological polar surface area (TPSA) is 127 Å². The summed E-state index contributed by atoms with van der Waals surface area (Å²) >= 11 is 0. The van der Waals surface area contributed by atoms with Crippen molar-refractivity contribution in [3.05, 3.63) is 70.8 Å². The Kier molecular flexibility index (Phi) is 8.88.